The highest BCUT2D eigenvalue weighted by Crippen LogP contribution is 2.37. The van der Waals surface area contributed by atoms with Gasteiger partial charge in [-0.05, 0) is 49.9 Å². The molecule has 1 aromatic heterocycles. The third kappa shape index (κ3) is 4.41. The molecule has 26 heavy (non-hydrogen) atoms. The zero-order valence-corrected chi connectivity index (χ0v) is 15.9. The Morgan fingerprint density at radius 2 is 1.85 bits per heavy atom. The number of amides is 1. The molecule has 0 bridgehead atoms. The predicted molar refractivity (Wildman–Crippen MR) is 107 cm³/mol. The molecule has 2 aliphatic rings. The first-order valence-corrected chi connectivity index (χ1v) is 10.6. The molecule has 1 aromatic carbocycles. The minimum Gasteiger partial charge on any atom is -0.372 e. The highest BCUT2D eigenvalue weighted by Gasteiger charge is 2.25. The molecule has 2 fully saturated rings. The Morgan fingerprint density at radius 1 is 1.12 bits per heavy atom. The van der Waals surface area contributed by atoms with Gasteiger partial charge in [-0.2, -0.15) is 0 Å². The number of aromatic nitrogens is 2. The van der Waals surface area contributed by atoms with Crippen LogP contribution in [0.3, 0.4) is 0 Å². The second kappa shape index (κ2) is 8.16. The van der Waals surface area contributed by atoms with Crippen LogP contribution in [0.4, 0.5) is 11.4 Å². The van der Waals surface area contributed by atoms with E-state index in [4.69, 9.17) is 0 Å². The Labute approximate surface area is 159 Å². The van der Waals surface area contributed by atoms with Crippen LogP contribution >= 0.6 is 11.8 Å². The summed E-state index contributed by atoms with van der Waals surface area (Å²) in [7, 11) is 0. The topological polar surface area (TPSA) is 50.2 Å². The molecule has 0 spiro atoms. The lowest BCUT2D eigenvalue weighted by molar-refractivity contribution is -0.113. The number of imidazole rings is 1. The Balaban J connectivity index is 1.29. The lowest BCUT2D eigenvalue weighted by Gasteiger charge is -2.22. The van der Waals surface area contributed by atoms with Crippen molar-refractivity contribution in [3.05, 3.63) is 36.7 Å². The number of nitrogens with one attached hydrogen (secondary N) is 1. The predicted octanol–water partition coefficient (Wildman–Crippen LogP) is 4.33. The van der Waals surface area contributed by atoms with Gasteiger partial charge in [0.25, 0.3) is 0 Å². The van der Waals surface area contributed by atoms with E-state index in [2.05, 4.69) is 31.9 Å². The van der Waals surface area contributed by atoms with Crippen LogP contribution in [0, 0.1) is 0 Å². The first kappa shape index (κ1) is 17.5. The minimum atomic E-state index is 0.0165. The summed E-state index contributed by atoms with van der Waals surface area (Å²) in [6, 6.07) is 8.85. The van der Waals surface area contributed by atoms with Crippen molar-refractivity contribution < 1.29 is 4.79 Å². The summed E-state index contributed by atoms with van der Waals surface area (Å²) in [5, 5.41) is 3.94. The summed E-state index contributed by atoms with van der Waals surface area (Å²) in [6.45, 7) is 2.27. The molecule has 1 saturated carbocycles. The molecule has 1 amide bonds. The lowest BCUT2D eigenvalue weighted by Crippen LogP contribution is -2.23. The molecule has 2 heterocycles. The van der Waals surface area contributed by atoms with Crippen molar-refractivity contribution in [3.63, 3.8) is 0 Å². The smallest absolute Gasteiger partial charge is 0.234 e. The van der Waals surface area contributed by atoms with E-state index in [-0.39, 0.29) is 5.91 Å². The number of rotatable bonds is 6. The number of hydrogen-bond donors (Lipinski definition) is 1. The number of thioether (sulfide) groups is 1. The van der Waals surface area contributed by atoms with Crippen LogP contribution in [0.25, 0.3) is 0 Å². The van der Waals surface area contributed by atoms with Crippen LogP contribution in [0.15, 0.2) is 41.8 Å². The number of hydrogen-bond acceptors (Lipinski definition) is 4. The molecule has 0 radical (unpaired) electrons. The van der Waals surface area contributed by atoms with E-state index in [1.165, 1.54) is 56.0 Å². The molecule has 1 saturated heterocycles. The van der Waals surface area contributed by atoms with E-state index in [0.29, 0.717) is 11.8 Å². The number of benzene rings is 1. The first-order chi connectivity index (χ1) is 12.8. The lowest BCUT2D eigenvalue weighted by atomic mass is 10.2. The van der Waals surface area contributed by atoms with Crippen molar-refractivity contribution >= 4 is 29.0 Å². The van der Waals surface area contributed by atoms with Crippen molar-refractivity contribution in [1.82, 2.24) is 9.55 Å². The Kier molecular flexibility index (Phi) is 5.48. The maximum absolute atomic E-state index is 12.3. The average Bonchev–Trinajstić information content (AvgIpc) is 3.44. The molecule has 138 valence electrons. The summed E-state index contributed by atoms with van der Waals surface area (Å²) in [4.78, 5) is 19.1. The van der Waals surface area contributed by atoms with Crippen LogP contribution in [0.5, 0.6) is 0 Å². The van der Waals surface area contributed by atoms with Gasteiger partial charge in [-0.15, -0.1) is 0 Å². The van der Waals surface area contributed by atoms with Gasteiger partial charge in [0.15, 0.2) is 5.16 Å². The molecule has 5 nitrogen and oxygen atoms in total. The molecule has 4 rings (SSSR count). The number of carbonyl (C=O) groups excluding carboxylic acids is 1. The normalized spacial score (nSPS) is 17.8. The van der Waals surface area contributed by atoms with E-state index in [0.717, 1.165) is 23.9 Å². The van der Waals surface area contributed by atoms with Crippen molar-refractivity contribution in [1.29, 1.82) is 0 Å². The van der Waals surface area contributed by atoms with E-state index >= 15 is 0 Å². The summed E-state index contributed by atoms with van der Waals surface area (Å²) >= 11 is 1.51. The first-order valence-electron chi connectivity index (χ1n) is 9.60. The number of anilines is 2. The van der Waals surface area contributed by atoms with Gasteiger partial charge >= 0.3 is 0 Å². The second-order valence-corrected chi connectivity index (χ2v) is 8.08. The molecule has 6 heteroatoms. The largest absolute Gasteiger partial charge is 0.372 e. The highest BCUT2D eigenvalue weighted by atomic mass is 32.2. The van der Waals surface area contributed by atoms with Crippen LogP contribution in [0.2, 0.25) is 0 Å². The van der Waals surface area contributed by atoms with Gasteiger partial charge in [0.05, 0.1) is 5.75 Å². The molecule has 0 unspecified atom stereocenters. The third-order valence-corrected chi connectivity index (χ3v) is 6.01. The Hall–Kier alpha value is -1.95. The van der Waals surface area contributed by atoms with Gasteiger partial charge in [0.2, 0.25) is 5.91 Å². The molecular formula is C20H26N4OS. The van der Waals surface area contributed by atoms with Gasteiger partial charge < -0.3 is 14.8 Å². The molecule has 1 aliphatic carbocycles. The van der Waals surface area contributed by atoms with Crippen LogP contribution in [0.1, 0.15) is 44.6 Å². The maximum atomic E-state index is 12.3. The van der Waals surface area contributed by atoms with Gasteiger partial charge in [-0.1, -0.05) is 24.6 Å². The quantitative estimate of drug-likeness (QED) is 0.769. The molecule has 1 aliphatic heterocycles. The number of carbonyl (C=O) groups is 1. The zero-order chi connectivity index (χ0) is 17.8. The van der Waals surface area contributed by atoms with E-state index in [1.54, 1.807) is 0 Å². The summed E-state index contributed by atoms with van der Waals surface area (Å²) in [5.74, 6) is 0.403. The second-order valence-electron chi connectivity index (χ2n) is 7.13. The zero-order valence-electron chi connectivity index (χ0n) is 15.1. The minimum absolute atomic E-state index is 0.0165. The van der Waals surface area contributed by atoms with Gasteiger partial charge in [-0.25, -0.2) is 4.98 Å². The highest BCUT2D eigenvalue weighted by molar-refractivity contribution is 7.99. The fourth-order valence-electron chi connectivity index (χ4n) is 3.45. The van der Waals surface area contributed by atoms with E-state index < -0.39 is 0 Å². The summed E-state index contributed by atoms with van der Waals surface area (Å²) in [6.07, 6.45) is 11.5. The van der Waals surface area contributed by atoms with Crippen molar-refractivity contribution in [2.24, 2.45) is 0 Å². The number of nitrogens with zero attached hydrogens (tertiary/aromatic N) is 3. The molecule has 1 N–H and O–H groups in total. The third-order valence-electron chi connectivity index (χ3n) is 5.03. The molecular weight excluding hydrogens is 344 g/mol. The van der Waals surface area contributed by atoms with Crippen molar-refractivity contribution in [2.45, 2.75) is 49.7 Å². The SMILES string of the molecule is O=C(CSc1nccn1C1CC1)Nc1ccc(N2CCCCCC2)cc1. The molecule has 0 atom stereocenters. The maximum Gasteiger partial charge on any atom is 0.234 e. The summed E-state index contributed by atoms with van der Waals surface area (Å²) in [5.41, 5.74) is 2.12. The van der Waals surface area contributed by atoms with E-state index in [9.17, 15) is 4.79 Å². The van der Waals surface area contributed by atoms with Crippen LogP contribution in [-0.4, -0.2) is 34.3 Å². The fraction of sp³-hybridized carbons (Fsp3) is 0.500. The van der Waals surface area contributed by atoms with Crippen LogP contribution < -0.4 is 10.2 Å². The Morgan fingerprint density at radius 3 is 2.54 bits per heavy atom. The molecule has 2 aromatic rings. The van der Waals surface area contributed by atoms with Gasteiger partial charge in [0, 0.05) is 42.9 Å². The Bertz CT molecular complexity index is 731. The summed E-state index contributed by atoms with van der Waals surface area (Å²) < 4.78 is 2.19. The van der Waals surface area contributed by atoms with Gasteiger partial charge in [0.1, 0.15) is 0 Å². The van der Waals surface area contributed by atoms with Crippen molar-refractivity contribution in [3.8, 4) is 0 Å². The van der Waals surface area contributed by atoms with Gasteiger partial charge in [-0.3, -0.25) is 4.79 Å². The van der Waals surface area contributed by atoms with E-state index in [1.807, 2.05) is 24.5 Å². The van der Waals surface area contributed by atoms with Crippen LogP contribution in [-0.2, 0) is 4.79 Å². The average molecular weight is 371 g/mol. The fourth-order valence-corrected chi connectivity index (χ4v) is 4.28. The standard InChI is InChI=1S/C20H26N4OS/c25-19(15-26-20-21-11-14-24(20)18-9-10-18)22-16-5-7-17(8-6-16)23-12-3-1-2-4-13-23/h5-8,11,14,18H,1-4,9-10,12-13,15H2,(H,22,25). The van der Waals surface area contributed by atoms with Crippen molar-refractivity contribution in [2.75, 3.05) is 29.1 Å². The monoisotopic (exact) mass is 370 g/mol.